The van der Waals surface area contributed by atoms with Crippen LogP contribution in [0.15, 0.2) is 36.4 Å². The van der Waals surface area contributed by atoms with Crippen molar-refractivity contribution in [2.75, 3.05) is 22.4 Å². The lowest BCUT2D eigenvalue weighted by Gasteiger charge is -2.24. The number of hydrogen-bond acceptors (Lipinski definition) is 3. The fraction of sp³-hybridized carbons (Fsp3) is 0.350. The Hall–Kier alpha value is -2.26. The topological polar surface area (TPSA) is 66.5 Å². The predicted octanol–water partition coefficient (Wildman–Crippen LogP) is 4.89. The summed E-state index contributed by atoms with van der Waals surface area (Å²) in [5, 5.41) is 2.15. The molecular weight excluding hydrogens is 441 g/mol. The molecule has 1 N–H and O–H groups in total. The summed E-state index contributed by atoms with van der Waals surface area (Å²) >= 11 is 5.61. The maximum Gasteiger partial charge on any atom is 0.417 e. The highest BCUT2D eigenvalue weighted by atomic mass is 35.5. The molecule has 0 atom stereocenters. The quantitative estimate of drug-likeness (QED) is 0.637. The number of hydrogen-bond donors (Lipinski definition) is 1. The first-order chi connectivity index (χ1) is 13.9. The van der Waals surface area contributed by atoms with Gasteiger partial charge in [0.1, 0.15) is 6.54 Å². The van der Waals surface area contributed by atoms with Gasteiger partial charge < -0.3 is 5.32 Å². The van der Waals surface area contributed by atoms with Crippen molar-refractivity contribution in [1.82, 2.24) is 0 Å². The van der Waals surface area contributed by atoms with Crippen molar-refractivity contribution in [3.05, 3.63) is 58.1 Å². The third kappa shape index (κ3) is 5.66. The molecule has 2 aromatic rings. The summed E-state index contributed by atoms with van der Waals surface area (Å²) in [6, 6.07) is 8.26. The first-order valence-corrected chi connectivity index (χ1v) is 11.4. The third-order valence-corrected chi connectivity index (χ3v) is 5.96. The zero-order valence-corrected chi connectivity index (χ0v) is 18.2. The van der Waals surface area contributed by atoms with Crippen molar-refractivity contribution in [3.8, 4) is 0 Å². The van der Waals surface area contributed by atoms with Crippen LogP contribution < -0.4 is 9.62 Å². The molecule has 0 aliphatic rings. The van der Waals surface area contributed by atoms with Crippen LogP contribution in [0.2, 0.25) is 5.02 Å². The second-order valence-corrected chi connectivity index (χ2v) is 8.95. The maximum atomic E-state index is 13.2. The predicted molar refractivity (Wildman–Crippen MR) is 112 cm³/mol. The van der Waals surface area contributed by atoms with E-state index < -0.39 is 39.2 Å². The van der Waals surface area contributed by atoms with Crippen LogP contribution in [0.5, 0.6) is 0 Å². The molecule has 0 aliphatic carbocycles. The maximum absolute atomic E-state index is 13.2. The number of benzene rings is 2. The van der Waals surface area contributed by atoms with Gasteiger partial charge in [-0.05, 0) is 42.2 Å². The number of sulfonamides is 1. The molecule has 0 saturated heterocycles. The summed E-state index contributed by atoms with van der Waals surface area (Å²) in [7, 11) is -4.05. The molecule has 0 fully saturated rings. The number of carbonyl (C=O) groups is 1. The van der Waals surface area contributed by atoms with E-state index in [1.807, 2.05) is 32.0 Å². The Morgan fingerprint density at radius 2 is 1.67 bits per heavy atom. The molecule has 0 aromatic heterocycles. The number of rotatable bonds is 7. The van der Waals surface area contributed by atoms with E-state index >= 15 is 0 Å². The zero-order chi connectivity index (χ0) is 22.7. The van der Waals surface area contributed by atoms with Crippen LogP contribution in [0.3, 0.4) is 0 Å². The Bertz CT molecular complexity index is 1020. The molecule has 0 heterocycles. The lowest BCUT2D eigenvalue weighted by atomic mass is 10.0. The molecular formula is C20H22ClF3N2O3S. The van der Waals surface area contributed by atoms with Crippen molar-refractivity contribution in [3.63, 3.8) is 0 Å². The van der Waals surface area contributed by atoms with E-state index in [9.17, 15) is 26.4 Å². The summed E-state index contributed by atoms with van der Waals surface area (Å²) in [6.07, 6.45) is -2.66. The van der Waals surface area contributed by atoms with Gasteiger partial charge in [0.05, 0.1) is 22.5 Å². The highest BCUT2D eigenvalue weighted by molar-refractivity contribution is 7.92. The number of aryl methyl sites for hydroxylation is 2. The summed E-state index contributed by atoms with van der Waals surface area (Å²) in [5.74, 6) is -0.667. The van der Waals surface area contributed by atoms with Crippen LogP contribution in [0.25, 0.3) is 0 Å². The lowest BCUT2D eigenvalue weighted by Crippen LogP contribution is -2.37. The molecule has 2 aromatic carbocycles. The molecule has 0 unspecified atom stereocenters. The van der Waals surface area contributed by atoms with E-state index in [1.165, 1.54) is 0 Å². The molecule has 0 saturated carbocycles. The Morgan fingerprint density at radius 3 is 2.13 bits per heavy atom. The normalized spacial score (nSPS) is 12.0. The van der Waals surface area contributed by atoms with Gasteiger partial charge in [0, 0.05) is 5.69 Å². The number of halogens is 4. The second kappa shape index (κ2) is 9.26. The fourth-order valence-electron chi connectivity index (χ4n) is 3.00. The van der Waals surface area contributed by atoms with Crippen LogP contribution in [0.4, 0.5) is 24.5 Å². The van der Waals surface area contributed by atoms with E-state index in [2.05, 4.69) is 5.32 Å². The molecule has 5 nitrogen and oxygen atoms in total. The van der Waals surface area contributed by atoms with Crippen LogP contribution in [0, 0.1) is 0 Å². The number of amides is 1. The Labute approximate surface area is 178 Å². The minimum absolute atomic E-state index is 0.302. The molecule has 2 rings (SSSR count). The minimum atomic E-state index is -4.77. The number of nitrogens with one attached hydrogen (secondary N) is 1. The number of nitrogens with zero attached hydrogens (tertiary/aromatic N) is 1. The Morgan fingerprint density at radius 1 is 1.10 bits per heavy atom. The van der Waals surface area contributed by atoms with Gasteiger partial charge >= 0.3 is 6.18 Å². The van der Waals surface area contributed by atoms with E-state index in [4.69, 9.17) is 11.6 Å². The summed E-state index contributed by atoms with van der Waals surface area (Å²) in [4.78, 5) is 12.7. The monoisotopic (exact) mass is 462 g/mol. The van der Waals surface area contributed by atoms with E-state index in [1.54, 1.807) is 0 Å². The largest absolute Gasteiger partial charge is 0.417 e. The van der Waals surface area contributed by atoms with Crippen LogP contribution >= 0.6 is 11.6 Å². The van der Waals surface area contributed by atoms with Crippen molar-refractivity contribution in [2.24, 2.45) is 0 Å². The molecule has 0 radical (unpaired) electrons. The van der Waals surface area contributed by atoms with Gasteiger partial charge in [-0.15, -0.1) is 0 Å². The van der Waals surface area contributed by atoms with Crippen molar-refractivity contribution >= 4 is 38.9 Å². The first-order valence-electron chi connectivity index (χ1n) is 9.13. The Kier molecular flexibility index (Phi) is 7.41. The smallest absolute Gasteiger partial charge is 0.324 e. The van der Waals surface area contributed by atoms with Crippen LogP contribution in [-0.2, 0) is 33.8 Å². The molecule has 0 aliphatic heterocycles. The molecule has 30 heavy (non-hydrogen) atoms. The Balaban J connectivity index is 2.39. The molecule has 0 bridgehead atoms. The minimum Gasteiger partial charge on any atom is -0.324 e. The lowest BCUT2D eigenvalue weighted by molar-refractivity contribution is -0.137. The molecule has 0 spiro atoms. The first kappa shape index (κ1) is 24.0. The SMILES string of the molecule is CCc1cccc(CC)c1NC(=O)CN(c1ccc(Cl)c(C(F)(F)F)c1)S(C)(=O)=O. The number of anilines is 2. The van der Waals surface area contributed by atoms with Gasteiger partial charge in [-0.2, -0.15) is 13.2 Å². The van der Waals surface area contributed by atoms with Gasteiger partial charge in [-0.1, -0.05) is 43.6 Å². The van der Waals surface area contributed by atoms with Crippen molar-refractivity contribution in [2.45, 2.75) is 32.9 Å². The van der Waals surface area contributed by atoms with Gasteiger partial charge in [-0.3, -0.25) is 9.10 Å². The third-order valence-electron chi connectivity index (χ3n) is 4.49. The van der Waals surface area contributed by atoms with Crippen LogP contribution in [-0.4, -0.2) is 27.1 Å². The van der Waals surface area contributed by atoms with E-state index in [0.717, 1.165) is 29.5 Å². The zero-order valence-electron chi connectivity index (χ0n) is 16.7. The molecule has 10 heteroatoms. The number of alkyl halides is 3. The standard InChI is InChI=1S/C20H22ClF3N2O3S/c1-4-13-7-6-8-14(5-2)19(13)25-18(27)12-26(30(3,28)29)15-9-10-17(21)16(11-15)20(22,23)24/h6-11H,4-5,12H2,1-3H3,(H,25,27). The summed E-state index contributed by atoms with van der Waals surface area (Å²) in [6.45, 7) is 3.15. The van der Waals surface area contributed by atoms with Gasteiger partial charge in [-0.25, -0.2) is 8.42 Å². The number of para-hydroxylation sites is 1. The summed E-state index contributed by atoms with van der Waals surface area (Å²) < 4.78 is 64.6. The fourth-order valence-corrected chi connectivity index (χ4v) is 4.07. The van der Waals surface area contributed by atoms with Crippen LogP contribution in [0.1, 0.15) is 30.5 Å². The number of carbonyl (C=O) groups excluding carboxylic acids is 1. The summed E-state index contributed by atoms with van der Waals surface area (Å²) in [5.41, 5.74) is 0.858. The van der Waals surface area contributed by atoms with Crippen molar-refractivity contribution in [1.29, 1.82) is 0 Å². The van der Waals surface area contributed by atoms with E-state index in [-0.39, 0.29) is 5.69 Å². The van der Waals surface area contributed by atoms with Gasteiger partial charge in [0.15, 0.2) is 0 Å². The average Bonchev–Trinajstić information content (AvgIpc) is 2.65. The van der Waals surface area contributed by atoms with E-state index in [0.29, 0.717) is 28.9 Å². The van der Waals surface area contributed by atoms with Gasteiger partial charge in [0.25, 0.3) is 0 Å². The highest BCUT2D eigenvalue weighted by Crippen LogP contribution is 2.37. The highest BCUT2D eigenvalue weighted by Gasteiger charge is 2.34. The second-order valence-electron chi connectivity index (χ2n) is 6.64. The molecule has 1 amide bonds. The van der Waals surface area contributed by atoms with Crippen molar-refractivity contribution < 1.29 is 26.4 Å². The van der Waals surface area contributed by atoms with Gasteiger partial charge in [0.2, 0.25) is 15.9 Å². The molecule has 164 valence electrons. The average molecular weight is 463 g/mol.